The second-order valence-electron chi connectivity index (χ2n) is 1.98. The zero-order valence-corrected chi connectivity index (χ0v) is 6.32. The zero-order valence-electron chi connectivity index (χ0n) is 5.50. The summed E-state index contributed by atoms with van der Waals surface area (Å²) in [7, 11) is -0.209. The van der Waals surface area contributed by atoms with E-state index in [9.17, 15) is 4.21 Å². The first-order valence-corrected chi connectivity index (χ1v) is 4.80. The molecular formula is C5H11NO2S. The lowest BCUT2D eigenvalue weighted by Gasteiger charge is -2.14. The van der Waals surface area contributed by atoms with Crippen molar-refractivity contribution in [3.8, 4) is 0 Å². The normalized spacial score (nSPS) is 25.4. The average molecular weight is 149 g/mol. The van der Waals surface area contributed by atoms with Crippen LogP contribution in [0.25, 0.3) is 0 Å². The molecule has 1 aliphatic heterocycles. The van der Waals surface area contributed by atoms with Crippen LogP contribution in [0.1, 0.15) is 0 Å². The summed E-state index contributed by atoms with van der Waals surface area (Å²) in [6.45, 7) is 1.21. The molecule has 1 rings (SSSR count). The molecule has 0 amide bonds. The van der Waals surface area contributed by atoms with Gasteiger partial charge in [-0.15, -0.1) is 0 Å². The fourth-order valence-electron chi connectivity index (χ4n) is 0.765. The lowest BCUT2D eigenvalue weighted by Crippen LogP contribution is -2.25. The maximum atomic E-state index is 11.3. The Morgan fingerprint density at radius 3 is 2.33 bits per heavy atom. The highest BCUT2D eigenvalue weighted by atomic mass is 32.2. The molecule has 1 saturated heterocycles. The van der Waals surface area contributed by atoms with Crippen molar-refractivity contribution in [2.75, 3.05) is 31.8 Å². The van der Waals surface area contributed by atoms with Crippen LogP contribution in [0.15, 0.2) is 4.36 Å². The summed E-state index contributed by atoms with van der Waals surface area (Å²) < 4.78 is 20.2. The van der Waals surface area contributed by atoms with Crippen LogP contribution in [0.2, 0.25) is 0 Å². The lowest BCUT2D eigenvalue weighted by molar-refractivity contribution is 0.158. The fourth-order valence-corrected chi connectivity index (χ4v) is 2.09. The van der Waals surface area contributed by atoms with Gasteiger partial charge in [0, 0.05) is 7.05 Å². The van der Waals surface area contributed by atoms with Crippen molar-refractivity contribution in [1.82, 2.24) is 0 Å². The van der Waals surface area contributed by atoms with Crippen molar-refractivity contribution in [3.63, 3.8) is 0 Å². The van der Waals surface area contributed by atoms with Crippen LogP contribution in [0.3, 0.4) is 0 Å². The maximum absolute atomic E-state index is 11.3. The van der Waals surface area contributed by atoms with Crippen molar-refractivity contribution in [2.24, 2.45) is 4.36 Å². The zero-order chi connectivity index (χ0) is 6.74. The van der Waals surface area contributed by atoms with Gasteiger partial charge in [0.2, 0.25) is 0 Å². The topological polar surface area (TPSA) is 38.7 Å². The van der Waals surface area contributed by atoms with Gasteiger partial charge in [0.25, 0.3) is 0 Å². The monoisotopic (exact) mass is 149 g/mol. The average Bonchev–Trinajstić information content (AvgIpc) is 1.90. The van der Waals surface area contributed by atoms with Gasteiger partial charge in [-0.1, -0.05) is 0 Å². The Labute approximate surface area is 55.6 Å². The van der Waals surface area contributed by atoms with E-state index >= 15 is 0 Å². The molecule has 1 aliphatic rings. The number of ether oxygens (including phenoxy) is 1. The van der Waals surface area contributed by atoms with E-state index in [0.717, 1.165) is 0 Å². The third-order valence-electron chi connectivity index (χ3n) is 1.43. The van der Waals surface area contributed by atoms with Gasteiger partial charge in [-0.05, 0) is 0 Å². The van der Waals surface area contributed by atoms with Crippen molar-refractivity contribution in [1.29, 1.82) is 0 Å². The molecule has 4 heteroatoms. The number of hydrogen-bond acceptors (Lipinski definition) is 3. The van der Waals surface area contributed by atoms with E-state index in [1.54, 1.807) is 7.05 Å². The van der Waals surface area contributed by atoms with Gasteiger partial charge in [0.1, 0.15) is 0 Å². The van der Waals surface area contributed by atoms with Gasteiger partial charge >= 0.3 is 0 Å². The molecule has 0 aromatic carbocycles. The standard InChI is InChI=1S/C5H11NO2S/c1-6-9(7)4-2-8-3-5-9/h2-5H2,1H3. The van der Waals surface area contributed by atoms with Crippen LogP contribution in [0.4, 0.5) is 0 Å². The fraction of sp³-hybridized carbons (Fsp3) is 1.00. The van der Waals surface area contributed by atoms with Crippen LogP contribution in [-0.4, -0.2) is 36.0 Å². The third kappa shape index (κ3) is 1.66. The molecule has 1 fully saturated rings. The van der Waals surface area contributed by atoms with Gasteiger partial charge in [-0.3, -0.25) is 0 Å². The number of nitrogens with zero attached hydrogens (tertiary/aromatic N) is 1. The third-order valence-corrected chi connectivity index (χ3v) is 3.70. The predicted molar refractivity (Wildman–Crippen MR) is 37.0 cm³/mol. The molecule has 0 aromatic rings. The van der Waals surface area contributed by atoms with Crippen LogP contribution in [0.5, 0.6) is 0 Å². The summed E-state index contributed by atoms with van der Waals surface area (Å²) >= 11 is 0. The molecule has 0 bridgehead atoms. The minimum atomic E-state index is -1.83. The molecule has 1 heterocycles. The molecule has 0 atom stereocenters. The predicted octanol–water partition coefficient (Wildman–Crippen LogP) is 0.114. The molecule has 0 N–H and O–H groups in total. The van der Waals surface area contributed by atoms with Crippen molar-refractivity contribution < 1.29 is 8.95 Å². The highest BCUT2D eigenvalue weighted by molar-refractivity contribution is 7.93. The van der Waals surface area contributed by atoms with Crippen LogP contribution in [-0.2, 0) is 14.5 Å². The summed E-state index contributed by atoms with van der Waals surface area (Å²) in [5.41, 5.74) is 0. The first kappa shape index (κ1) is 7.02. The highest BCUT2D eigenvalue weighted by Gasteiger charge is 2.12. The van der Waals surface area contributed by atoms with Gasteiger partial charge < -0.3 is 4.74 Å². The van der Waals surface area contributed by atoms with E-state index in [1.165, 1.54) is 0 Å². The van der Waals surface area contributed by atoms with Crippen LogP contribution >= 0.6 is 0 Å². The number of rotatable bonds is 0. The summed E-state index contributed by atoms with van der Waals surface area (Å²) in [6.07, 6.45) is 0. The number of hydrogen-bond donors (Lipinski definition) is 0. The molecule has 0 aliphatic carbocycles. The highest BCUT2D eigenvalue weighted by Crippen LogP contribution is 2.01. The van der Waals surface area contributed by atoms with E-state index in [-0.39, 0.29) is 0 Å². The molecule has 0 spiro atoms. The Bertz CT molecular complexity index is 181. The van der Waals surface area contributed by atoms with Crippen molar-refractivity contribution in [2.45, 2.75) is 0 Å². The SMILES string of the molecule is CN=S1(=O)CCOCC1. The second-order valence-corrected chi connectivity index (χ2v) is 4.70. The molecule has 9 heavy (non-hydrogen) atoms. The van der Waals surface area contributed by atoms with Gasteiger partial charge in [0.05, 0.1) is 34.4 Å². The minimum Gasteiger partial charge on any atom is -0.379 e. The molecule has 0 unspecified atom stereocenters. The molecule has 0 aromatic heterocycles. The van der Waals surface area contributed by atoms with E-state index in [4.69, 9.17) is 4.74 Å². The Morgan fingerprint density at radius 2 is 2.00 bits per heavy atom. The molecule has 3 nitrogen and oxygen atoms in total. The quantitative estimate of drug-likeness (QED) is 0.490. The summed E-state index contributed by atoms with van der Waals surface area (Å²) in [6, 6.07) is 0. The molecule has 0 radical (unpaired) electrons. The van der Waals surface area contributed by atoms with Gasteiger partial charge in [-0.25, -0.2) is 8.57 Å². The Hall–Kier alpha value is -0.0900. The largest absolute Gasteiger partial charge is 0.379 e. The lowest BCUT2D eigenvalue weighted by atomic mass is 10.8. The van der Waals surface area contributed by atoms with E-state index in [1.807, 2.05) is 0 Å². The first-order chi connectivity index (χ1) is 4.27. The second kappa shape index (κ2) is 2.66. The van der Waals surface area contributed by atoms with E-state index in [0.29, 0.717) is 24.7 Å². The van der Waals surface area contributed by atoms with Gasteiger partial charge in [0.15, 0.2) is 0 Å². The van der Waals surface area contributed by atoms with Crippen molar-refractivity contribution in [3.05, 3.63) is 0 Å². The Kier molecular flexibility index (Phi) is 2.08. The minimum absolute atomic E-state index is 0.607. The summed E-state index contributed by atoms with van der Waals surface area (Å²) in [5, 5.41) is 0. The Morgan fingerprint density at radius 1 is 1.44 bits per heavy atom. The maximum Gasteiger partial charge on any atom is 0.0590 e. The van der Waals surface area contributed by atoms with Gasteiger partial charge in [-0.2, -0.15) is 0 Å². The molecule has 0 saturated carbocycles. The van der Waals surface area contributed by atoms with Crippen molar-refractivity contribution >= 4 is 9.73 Å². The summed E-state index contributed by atoms with van der Waals surface area (Å²) in [5.74, 6) is 1.23. The van der Waals surface area contributed by atoms with E-state index in [2.05, 4.69) is 4.36 Å². The van der Waals surface area contributed by atoms with E-state index < -0.39 is 9.73 Å². The van der Waals surface area contributed by atoms with Crippen LogP contribution < -0.4 is 0 Å². The molecule has 54 valence electrons. The first-order valence-electron chi connectivity index (χ1n) is 2.95. The smallest absolute Gasteiger partial charge is 0.0590 e. The summed E-state index contributed by atoms with van der Waals surface area (Å²) in [4.78, 5) is 0. The molecular weight excluding hydrogens is 138 g/mol. The van der Waals surface area contributed by atoms with Crippen LogP contribution in [0, 0.1) is 0 Å². The Balaban J connectivity index is 2.70.